The minimum absolute atomic E-state index is 0.185. The van der Waals surface area contributed by atoms with Crippen molar-refractivity contribution in [3.05, 3.63) is 41.0 Å². The summed E-state index contributed by atoms with van der Waals surface area (Å²) >= 11 is 0. The number of carbonyl (C=O) groups excluding carboxylic acids is 1. The van der Waals surface area contributed by atoms with E-state index in [2.05, 4.69) is 13.8 Å². The van der Waals surface area contributed by atoms with Gasteiger partial charge in [0.05, 0.1) is 19.8 Å². The molecule has 0 radical (unpaired) electrons. The van der Waals surface area contributed by atoms with Crippen LogP contribution in [0.4, 0.5) is 0 Å². The fourth-order valence-corrected chi connectivity index (χ4v) is 4.86. The lowest BCUT2D eigenvalue weighted by atomic mass is 9.84. The van der Waals surface area contributed by atoms with E-state index in [1.54, 1.807) is 18.2 Å². The summed E-state index contributed by atoms with van der Waals surface area (Å²) in [7, 11) is 1.50. The Kier molecular flexibility index (Phi) is 7.67. The largest absolute Gasteiger partial charge is 0.495 e. The molecular formula is C28H36O6. The second kappa shape index (κ2) is 10.7. The summed E-state index contributed by atoms with van der Waals surface area (Å²) in [5.41, 5.74) is 1.67. The molecule has 0 aromatic heterocycles. The number of aliphatic hydroxyl groups excluding tert-OH is 1. The fourth-order valence-electron chi connectivity index (χ4n) is 4.86. The first-order chi connectivity index (χ1) is 16.4. The maximum atomic E-state index is 13.2. The Morgan fingerprint density at radius 1 is 1.09 bits per heavy atom. The summed E-state index contributed by atoms with van der Waals surface area (Å²) in [4.78, 5) is 13.2. The van der Waals surface area contributed by atoms with Crippen molar-refractivity contribution in [1.82, 2.24) is 0 Å². The molecule has 1 saturated carbocycles. The number of hydrogen-bond acceptors (Lipinski definition) is 6. The standard InChI is InChI=1S/C28H36O6/c1-17(2)12-13-32-23-14-18(3)15-24-27(23)33-22-11-10-20(26(31-4)25(22)28(30)34-24)21(29)16-19-8-6-5-7-9-19/h10-11,14-15,17,19,21,29H,5-9,12-13,16H2,1-4H3. The smallest absolute Gasteiger partial charge is 0.351 e. The van der Waals surface area contributed by atoms with Crippen LogP contribution >= 0.6 is 0 Å². The van der Waals surface area contributed by atoms with Gasteiger partial charge in [-0.1, -0.05) is 46.0 Å². The quantitative estimate of drug-likeness (QED) is 0.341. The van der Waals surface area contributed by atoms with Crippen LogP contribution in [0.5, 0.6) is 28.7 Å². The zero-order valence-electron chi connectivity index (χ0n) is 20.7. The number of aryl methyl sites for hydroxylation is 1. The molecule has 1 atom stereocenters. The lowest BCUT2D eigenvalue weighted by Crippen LogP contribution is -2.14. The van der Waals surface area contributed by atoms with E-state index in [0.717, 1.165) is 24.8 Å². The van der Waals surface area contributed by atoms with Gasteiger partial charge in [0.1, 0.15) is 17.1 Å². The molecule has 0 spiro atoms. The zero-order chi connectivity index (χ0) is 24.2. The maximum absolute atomic E-state index is 13.2. The van der Waals surface area contributed by atoms with Gasteiger partial charge >= 0.3 is 5.97 Å². The van der Waals surface area contributed by atoms with E-state index in [-0.39, 0.29) is 5.56 Å². The van der Waals surface area contributed by atoms with Crippen molar-refractivity contribution < 1.29 is 28.8 Å². The lowest BCUT2D eigenvalue weighted by molar-refractivity contribution is 0.0732. The van der Waals surface area contributed by atoms with Gasteiger partial charge in [-0.3, -0.25) is 0 Å². The molecule has 2 aromatic carbocycles. The van der Waals surface area contributed by atoms with Crippen LogP contribution in [0.15, 0.2) is 24.3 Å². The summed E-state index contributed by atoms with van der Waals surface area (Å²) in [6.07, 6.45) is 6.76. The predicted octanol–water partition coefficient (Wildman–Crippen LogP) is 6.76. The molecule has 184 valence electrons. The number of hydrogen-bond donors (Lipinski definition) is 1. The summed E-state index contributed by atoms with van der Waals surface area (Å²) in [5.74, 6) is 2.27. The summed E-state index contributed by atoms with van der Waals surface area (Å²) in [6.45, 7) is 6.73. The second-order valence-electron chi connectivity index (χ2n) is 9.93. The van der Waals surface area contributed by atoms with Gasteiger partial charge in [-0.25, -0.2) is 4.79 Å². The number of methoxy groups -OCH3 is 1. The van der Waals surface area contributed by atoms with E-state index in [1.807, 2.05) is 13.0 Å². The van der Waals surface area contributed by atoms with Gasteiger partial charge in [0.15, 0.2) is 11.5 Å². The SMILES string of the molecule is COc1c(C(O)CC2CCCCC2)ccc2c1C(=O)Oc1cc(C)cc(OCCC(C)C)c1O2. The first kappa shape index (κ1) is 24.4. The van der Waals surface area contributed by atoms with E-state index >= 15 is 0 Å². The van der Waals surface area contributed by atoms with Gasteiger partial charge in [-0.15, -0.1) is 0 Å². The molecular weight excluding hydrogens is 432 g/mol. The average molecular weight is 469 g/mol. The highest BCUT2D eigenvalue weighted by atomic mass is 16.6. The van der Waals surface area contributed by atoms with Crippen LogP contribution in [-0.4, -0.2) is 24.8 Å². The minimum atomic E-state index is -0.723. The lowest BCUT2D eigenvalue weighted by Gasteiger charge is -2.25. The Labute approximate surface area is 202 Å². The van der Waals surface area contributed by atoms with Crippen LogP contribution < -0.4 is 18.9 Å². The second-order valence-corrected chi connectivity index (χ2v) is 9.93. The van der Waals surface area contributed by atoms with E-state index in [0.29, 0.717) is 59.2 Å². The average Bonchev–Trinajstić information content (AvgIpc) is 2.94. The van der Waals surface area contributed by atoms with Crippen LogP contribution in [0.3, 0.4) is 0 Å². The monoisotopic (exact) mass is 468 g/mol. The number of carbonyl (C=O) groups is 1. The van der Waals surface area contributed by atoms with Crippen molar-refractivity contribution in [2.45, 2.75) is 71.8 Å². The first-order valence-corrected chi connectivity index (χ1v) is 12.4. The fraction of sp³-hybridized carbons (Fsp3) is 0.536. The molecule has 2 aliphatic rings. The first-order valence-electron chi connectivity index (χ1n) is 12.4. The third-order valence-electron chi connectivity index (χ3n) is 6.73. The molecule has 0 saturated heterocycles. The molecule has 1 N–H and O–H groups in total. The van der Waals surface area contributed by atoms with Crippen LogP contribution in [0.25, 0.3) is 0 Å². The normalized spacial score (nSPS) is 16.7. The zero-order valence-corrected chi connectivity index (χ0v) is 20.7. The van der Waals surface area contributed by atoms with Gasteiger partial charge in [-0.05, 0) is 61.4 Å². The van der Waals surface area contributed by atoms with E-state index in [4.69, 9.17) is 18.9 Å². The van der Waals surface area contributed by atoms with E-state index in [1.165, 1.54) is 26.4 Å². The molecule has 2 aromatic rings. The van der Waals surface area contributed by atoms with Crippen molar-refractivity contribution >= 4 is 5.97 Å². The Hall–Kier alpha value is -2.73. The maximum Gasteiger partial charge on any atom is 0.351 e. The van der Waals surface area contributed by atoms with Crippen molar-refractivity contribution in [3.8, 4) is 28.7 Å². The highest BCUT2D eigenvalue weighted by Crippen LogP contribution is 2.48. The van der Waals surface area contributed by atoms with Crippen LogP contribution in [0.1, 0.15) is 86.4 Å². The van der Waals surface area contributed by atoms with Crippen LogP contribution in [0.2, 0.25) is 0 Å². The Morgan fingerprint density at radius 2 is 1.85 bits per heavy atom. The van der Waals surface area contributed by atoms with Crippen LogP contribution in [0, 0.1) is 18.8 Å². The predicted molar refractivity (Wildman–Crippen MR) is 130 cm³/mol. The number of aliphatic hydroxyl groups is 1. The molecule has 0 amide bonds. The van der Waals surface area contributed by atoms with Gasteiger partial charge < -0.3 is 24.1 Å². The highest BCUT2D eigenvalue weighted by molar-refractivity contribution is 5.99. The van der Waals surface area contributed by atoms with Gasteiger partial charge in [0.2, 0.25) is 5.75 Å². The summed E-state index contributed by atoms with van der Waals surface area (Å²) in [5, 5.41) is 11.0. The minimum Gasteiger partial charge on any atom is -0.495 e. The van der Waals surface area contributed by atoms with Gasteiger partial charge in [0.25, 0.3) is 0 Å². The summed E-state index contributed by atoms with van der Waals surface area (Å²) in [6, 6.07) is 7.15. The van der Waals surface area contributed by atoms with E-state index in [9.17, 15) is 9.90 Å². The Morgan fingerprint density at radius 3 is 2.56 bits per heavy atom. The Bertz CT molecular complexity index is 1020. The van der Waals surface area contributed by atoms with Gasteiger partial charge in [0, 0.05) is 5.56 Å². The van der Waals surface area contributed by atoms with Crippen molar-refractivity contribution in [1.29, 1.82) is 0 Å². The highest BCUT2D eigenvalue weighted by Gasteiger charge is 2.32. The van der Waals surface area contributed by atoms with Crippen molar-refractivity contribution in [2.24, 2.45) is 11.8 Å². The molecule has 1 heterocycles. The van der Waals surface area contributed by atoms with Crippen LogP contribution in [-0.2, 0) is 0 Å². The Balaban J connectivity index is 1.66. The molecule has 1 aliphatic heterocycles. The molecule has 4 rings (SSSR count). The number of rotatable bonds is 8. The number of fused-ring (bicyclic) bond motifs is 2. The van der Waals surface area contributed by atoms with E-state index < -0.39 is 12.1 Å². The molecule has 1 unspecified atom stereocenters. The molecule has 6 nitrogen and oxygen atoms in total. The summed E-state index contributed by atoms with van der Waals surface area (Å²) < 4.78 is 23.6. The van der Waals surface area contributed by atoms with Crippen molar-refractivity contribution in [3.63, 3.8) is 0 Å². The third kappa shape index (κ3) is 5.33. The molecule has 0 bridgehead atoms. The molecule has 1 aliphatic carbocycles. The third-order valence-corrected chi connectivity index (χ3v) is 6.73. The number of ether oxygens (including phenoxy) is 4. The molecule has 1 fully saturated rings. The number of esters is 1. The van der Waals surface area contributed by atoms with Crippen molar-refractivity contribution in [2.75, 3.05) is 13.7 Å². The topological polar surface area (TPSA) is 74.2 Å². The van der Waals surface area contributed by atoms with Gasteiger partial charge in [-0.2, -0.15) is 0 Å². The number of benzene rings is 2. The molecule has 34 heavy (non-hydrogen) atoms. The molecule has 6 heteroatoms.